The predicted octanol–water partition coefficient (Wildman–Crippen LogP) is -0.368. The standard InChI is InChI=1S/C6H8F4O2Si2/c7-3-1-5(9,11-13)6(10,12-14)2-4(3)8/h1-2H,13-14H3. The molecule has 0 saturated carbocycles. The van der Waals surface area contributed by atoms with Crippen LogP contribution in [0.5, 0.6) is 0 Å². The van der Waals surface area contributed by atoms with Crippen LogP contribution in [0.15, 0.2) is 23.8 Å². The van der Waals surface area contributed by atoms with Crippen LogP contribution < -0.4 is 0 Å². The molecule has 2 nitrogen and oxygen atoms in total. The van der Waals surface area contributed by atoms with Gasteiger partial charge in [-0.3, -0.25) is 0 Å². The molecule has 0 saturated heterocycles. The van der Waals surface area contributed by atoms with Crippen LogP contribution in [0, 0.1) is 0 Å². The predicted molar refractivity (Wildman–Crippen MR) is 48.1 cm³/mol. The van der Waals surface area contributed by atoms with Crippen molar-refractivity contribution in [3.8, 4) is 0 Å². The first-order valence-electron chi connectivity index (χ1n) is 3.64. The fourth-order valence-electron chi connectivity index (χ4n) is 1.06. The normalized spacial score (nSPS) is 38.3. The highest BCUT2D eigenvalue weighted by Gasteiger charge is 2.55. The topological polar surface area (TPSA) is 18.5 Å². The Bertz CT molecular complexity index is 278. The molecule has 8 heteroatoms. The highest BCUT2D eigenvalue weighted by molar-refractivity contribution is 5.99. The molecule has 0 fully saturated rings. The number of hydrogen-bond acceptors (Lipinski definition) is 2. The molecule has 0 aromatic heterocycles. The van der Waals surface area contributed by atoms with Gasteiger partial charge < -0.3 is 8.85 Å². The summed E-state index contributed by atoms with van der Waals surface area (Å²) in [4.78, 5) is 0. The first-order valence-corrected chi connectivity index (χ1v) is 5.27. The van der Waals surface area contributed by atoms with Crippen molar-refractivity contribution in [1.29, 1.82) is 0 Å². The largest absolute Gasteiger partial charge is 0.390 e. The lowest BCUT2D eigenvalue weighted by Gasteiger charge is -2.35. The van der Waals surface area contributed by atoms with Gasteiger partial charge in [0.2, 0.25) is 0 Å². The highest BCUT2D eigenvalue weighted by atomic mass is 28.2. The third kappa shape index (κ3) is 1.58. The molecule has 0 spiro atoms. The van der Waals surface area contributed by atoms with Crippen molar-refractivity contribution in [1.82, 2.24) is 0 Å². The van der Waals surface area contributed by atoms with Gasteiger partial charge in [-0.2, -0.15) is 0 Å². The first-order chi connectivity index (χ1) is 6.38. The molecule has 14 heavy (non-hydrogen) atoms. The number of hydrogen-bond donors (Lipinski definition) is 0. The molecule has 0 heterocycles. The molecule has 0 aromatic rings. The Balaban J connectivity index is 3.20. The zero-order chi connectivity index (χ0) is 11.0. The Hall–Kier alpha value is -0.446. The van der Waals surface area contributed by atoms with Crippen LogP contribution in [0.2, 0.25) is 0 Å². The minimum absolute atomic E-state index is 0.104. The lowest BCUT2D eigenvalue weighted by molar-refractivity contribution is -0.206. The van der Waals surface area contributed by atoms with E-state index in [9.17, 15) is 17.6 Å². The zero-order valence-corrected chi connectivity index (χ0v) is 11.5. The minimum Gasteiger partial charge on any atom is -0.390 e. The molecule has 0 radical (unpaired) electrons. The maximum Gasteiger partial charge on any atom is 0.284 e. The summed E-state index contributed by atoms with van der Waals surface area (Å²) in [5.41, 5.74) is 0. The average Bonchev–Trinajstić information content (AvgIpc) is 2.15. The van der Waals surface area contributed by atoms with Gasteiger partial charge in [0.1, 0.15) is 0 Å². The van der Waals surface area contributed by atoms with E-state index < -0.39 is 23.4 Å². The van der Waals surface area contributed by atoms with Crippen molar-refractivity contribution < 1.29 is 26.4 Å². The third-order valence-corrected chi connectivity index (χ3v) is 3.10. The molecule has 0 bridgehead atoms. The van der Waals surface area contributed by atoms with Crippen molar-refractivity contribution in [3.05, 3.63) is 23.8 Å². The van der Waals surface area contributed by atoms with Crippen molar-refractivity contribution in [3.63, 3.8) is 0 Å². The molecule has 0 amide bonds. The van der Waals surface area contributed by atoms with E-state index in [1.165, 1.54) is 0 Å². The maximum atomic E-state index is 13.6. The van der Waals surface area contributed by atoms with Gasteiger partial charge in [-0.1, -0.05) is 0 Å². The van der Waals surface area contributed by atoms with Gasteiger partial charge in [0.15, 0.2) is 32.6 Å². The van der Waals surface area contributed by atoms with Gasteiger partial charge in [0.25, 0.3) is 11.7 Å². The molecule has 2 atom stereocenters. The summed E-state index contributed by atoms with van der Waals surface area (Å²) in [6, 6.07) is 0. The van der Waals surface area contributed by atoms with Gasteiger partial charge in [-0.25, -0.2) is 17.6 Å². The SMILES string of the molecule is FC1=CC(F)(O[SiH3])C(F)(O[SiH3])C=C1F. The van der Waals surface area contributed by atoms with Crippen LogP contribution in [0.4, 0.5) is 17.6 Å². The van der Waals surface area contributed by atoms with Crippen molar-refractivity contribution in [2.45, 2.75) is 11.7 Å². The van der Waals surface area contributed by atoms with E-state index in [0.717, 1.165) is 0 Å². The summed E-state index contributed by atoms with van der Waals surface area (Å²) < 4.78 is 61.0. The van der Waals surface area contributed by atoms with E-state index in [-0.39, 0.29) is 33.1 Å². The zero-order valence-electron chi connectivity index (χ0n) is 7.48. The summed E-state index contributed by atoms with van der Waals surface area (Å²) in [6.07, 6.45) is 0.209. The van der Waals surface area contributed by atoms with Crippen LogP contribution >= 0.6 is 0 Å². The van der Waals surface area contributed by atoms with Crippen LogP contribution in [-0.4, -0.2) is 32.7 Å². The Labute approximate surface area is 83.7 Å². The molecule has 0 aliphatic heterocycles. The van der Waals surface area contributed by atoms with E-state index in [1.54, 1.807) is 0 Å². The first kappa shape index (κ1) is 11.6. The Kier molecular flexibility index (Phi) is 3.00. The Morgan fingerprint density at radius 3 is 1.43 bits per heavy atom. The van der Waals surface area contributed by atoms with Gasteiger partial charge in [0.05, 0.1) is 0 Å². The van der Waals surface area contributed by atoms with Gasteiger partial charge in [-0.15, -0.1) is 0 Å². The quantitative estimate of drug-likeness (QED) is 0.487. The van der Waals surface area contributed by atoms with E-state index in [1.807, 2.05) is 0 Å². The lowest BCUT2D eigenvalue weighted by Crippen LogP contribution is -2.50. The smallest absolute Gasteiger partial charge is 0.284 e. The second-order valence-electron chi connectivity index (χ2n) is 2.68. The number of allylic oxidation sites excluding steroid dienone is 2. The number of alkyl halides is 2. The lowest BCUT2D eigenvalue weighted by atomic mass is 10.0. The Morgan fingerprint density at radius 2 is 1.21 bits per heavy atom. The van der Waals surface area contributed by atoms with Crippen LogP contribution in [0.3, 0.4) is 0 Å². The molecule has 0 N–H and O–H groups in total. The van der Waals surface area contributed by atoms with Crippen molar-refractivity contribution in [2.75, 3.05) is 0 Å². The van der Waals surface area contributed by atoms with Crippen LogP contribution in [0.25, 0.3) is 0 Å². The molecule has 80 valence electrons. The Morgan fingerprint density at radius 1 is 0.929 bits per heavy atom. The number of halogens is 4. The van der Waals surface area contributed by atoms with Crippen molar-refractivity contribution in [2.24, 2.45) is 0 Å². The number of rotatable bonds is 2. The van der Waals surface area contributed by atoms with E-state index in [0.29, 0.717) is 0 Å². The summed E-state index contributed by atoms with van der Waals surface area (Å²) in [7, 11) is -0.355. The van der Waals surface area contributed by atoms with Gasteiger partial charge in [-0.05, 0) is 0 Å². The molecular formula is C6H8F4O2Si2. The summed E-state index contributed by atoms with van der Waals surface area (Å²) >= 11 is 0. The van der Waals surface area contributed by atoms with Crippen LogP contribution in [0.1, 0.15) is 0 Å². The van der Waals surface area contributed by atoms with Gasteiger partial charge >= 0.3 is 0 Å². The fourth-order valence-corrected chi connectivity index (χ4v) is 1.85. The van der Waals surface area contributed by atoms with E-state index in [4.69, 9.17) is 0 Å². The van der Waals surface area contributed by atoms with Crippen molar-refractivity contribution >= 4 is 21.0 Å². The summed E-state index contributed by atoms with van der Waals surface area (Å²) in [5, 5.41) is 0. The summed E-state index contributed by atoms with van der Waals surface area (Å²) in [6.45, 7) is 0. The highest BCUT2D eigenvalue weighted by Crippen LogP contribution is 2.41. The molecule has 0 aromatic carbocycles. The second-order valence-corrected chi connectivity index (χ2v) is 3.50. The van der Waals surface area contributed by atoms with Gasteiger partial charge in [0, 0.05) is 12.2 Å². The van der Waals surface area contributed by atoms with E-state index in [2.05, 4.69) is 8.85 Å². The third-order valence-electron chi connectivity index (χ3n) is 1.91. The molecule has 1 aliphatic rings. The maximum absolute atomic E-state index is 13.6. The monoisotopic (exact) mass is 244 g/mol. The molecule has 1 aliphatic carbocycles. The second kappa shape index (κ2) is 3.61. The summed E-state index contributed by atoms with van der Waals surface area (Å²) in [5.74, 6) is -9.12. The molecule has 2 unspecified atom stereocenters. The molecule has 1 rings (SSSR count). The fraction of sp³-hybridized carbons (Fsp3) is 0.333. The minimum atomic E-state index is -3.07. The van der Waals surface area contributed by atoms with Crippen LogP contribution in [-0.2, 0) is 8.85 Å². The molecular weight excluding hydrogens is 236 g/mol. The van der Waals surface area contributed by atoms with E-state index >= 15 is 0 Å². The average molecular weight is 244 g/mol.